The van der Waals surface area contributed by atoms with Crippen LogP contribution in [0, 0.1) is 0 Å². The van der Waals surface area contributed by atoms with Crippen molar-refractivity contribution in [3.63, 3.8) is 0 Å². The van der Waals surface area contributed by atoms with Crippen LogP contribution in [-0.2, 0) is 11.3 Å². The molecular weight excluding hydrogens is 262 g/mol. The minimum atomic E-state index is -0.0801. The first-order chi connectivity index (χ1) is 10.3. The van der Waals surface area contributed by atoms with Gasteiger partial charge in [0.15, 0.2) is 0 Å². The van der Waals surface area contributed by atoms with Crippen molar-refractivity contribution in [3.8, 4) is 0 Å². The number of rotatable bonds is 6. The summed E-state index contributed by atoms with van der Waals surface area (Å²) in [5.74, 6) is 0.00995. The van der Waals surface area contributed by atoms with Gasteiger partial charge in [-0.2, -0.15) is 0 Å². The van der Waals surface area contributed by atoms with Crippen LogP contribution in [0.5, 0.6) is 0 Å². The second-order valence-corrected chi connectivity index (χ2v) is 5.61. The molecule has 1 N–H and O–H groups in total. The summed E-state index contributed by atoms with van der Waals surface area (Å²) in [6.07, 6.45) is 6.96. The average Bonchev–Trinajstić information content (AvgIpc) is 3.25. The second kappa shape index (κ2) is 6.12. The third-order valence-corrected chi connectivity index (χ3v) is 4.06. The maximum atomic E-state index is 12.4. The molecule has 1 aliphatic carbocycles. The highest BCUT2D eigenvalue weighted by atomic mass is 16.1. The van der Waals surface area contributed by atoms with Gasteiger partial charge in [-0.15, -0.1) is 0 Å². The molecule has 4 heteroatoms. The number of nitrogens with zero attached hydrogens (tertiary/aromatic N) is 2. The third kappa shape index (κ3) is 3.15. The highest BCUT2D eigenvalue weighted by Gasteiger charge is 2.25. The van der Waals surface area contributed by atoms with E-state index in [-0.39, 0.29) is 11.8 Å². The van der Waals surface area contributed by atoms with Crippen molar-refractivity contribution in [3.05, 3.63) is 54.1 Å². The van der Waals surface area contributed by atoms with Gasteiger partial charge in [0.1, 0.15) is 0 Å². The lowest BCUT2D eigenvalue weighted by molar-refractivity contribution is -0.122. The van der Waals surface area contributed by atoms with Gasteiger partial charge in [-0.25, -0.2) is 4.98 Å². The minimum Gasteiger partial charge on any atom is -0.350 e. The largest absolute Gasteiger partial charge is 0.350 e. The standard InChI is InChI=1S/C17H21N3O/c1-2-16(13-6-4-3-5-7-13)17(21)19-11-15-10-18-12-20(15)14-8-9-14/h3-7,10,12,14,16H,2,8-9,11H2,1H3,(H,19,21)/t16-/m0/s1. The Morgan fingerprint density at radius 1 is 1.38 bits per heavy atom. The predicted octanol–water partition coefficient (Wildman–Crippen LogP) is 3.03. The fourth-order valence-corrected chi connectivity index (χ4v) is 2.71. The molecule has 1 saturated carbocycles. The Morgan fingerprint density at radius 2 is 2.14 bits per heavy atom. The lowest BCUT2D eigenvalue weighted by Gasteiger charge is -2.16. The molecule has 2 aromatic rings. The van der Waals surface area contributed by atoms with Crippen LogP contribution in [0.25, 0.3) is 0 Å². The van der Waals surface area contributed by atoms with Gasteiger partial charge < -0.3 is 9.88 Å². The molecule has 0 radical (unpaired) electrons. The van der Waals surface area contributed by atoms with Crippen molar-refractivity contribution in [2.75, 3.05) is 0 Å². The molecule has 4 nitrogen and oxygen atoms in total. The molecule has 0 spiro atoms. The summed E-state index contributed by atoms with van der Waals surface area (Å²) in [6, 6.07) is 10.6. The summed E-state index contributed by atoms with van der Waals surface area (Å²) < 4.78 is 2.18. The van der Waals surface area contributed by atoms with Gasteiger partial charge in [0.05, 0.1) is 24.5 Å². The Balaban J connectivity index is 1.64. The second-order valence-electron chi connectivity index (χ2n) is 5.61. The van der Waals surface area contributed by atoms with Crippen LogP contribution in [0.1, 0.15) is 49.4 Å². The van der Waals surface area contributed by atoms with Crippen LogP contribution in [0.2, 0.25) is 0 Å². The molecule has 1 amide bonds. The molecule has 110 valence electrons. The molecule has 1 aromatic heterocycles. The number of amides is 1. The Morgan fingerprint density at radius 3 is 2.81 bits per heavy atom. The molecule has 1 fully saturated rings. The molecule has 0 bridgehead atoms. The molecule has 3 rings (SSSR count). The number of hydrogen-bond acceptors (Lipinski definition) is 2. The van der Waals surface area contributed by atoms with Gasteiger partial charge in [0.2, 0.25) is 5.91 Å². The monoisotopic (exact) mass is 283 g/mol. The summed E-state index contributed by atoms with van der Waals surface area (Å²) in [5.41, 5.74) is 2.17. The summed E-state index contributed by atoms with van der Waals surface area (Å²) in [4.78, 5) is 16.6. The van der Waals surface area contributed by atoms with E-state index < -0.39 is 0 Å². The topological polar surface area (TPSA) is 46.9 Å². The highest BCUT2D eigenvalue weighted by molar-refractivity contribution is 5.83. The summed E-state index contributed by atoms with van der Waals surface area (Å²) in [7, 11) is 0. The van der Waals surface area contributed by atoms with E-state index in [2.05, 4.69) is 14.9 Å². The van der Waals surface area contributed by atoms with Crippen LogP contribution in [0.15, 0.2) is 42.9 Å². The van der Waals surface area contributed by atoms with Crippen molar-refractivity contribution in [2.45, 2.75) is 44.7 Å². The van der Waals surface area contributed by atoms with Crippen LogP contribution in [-0.4, -0.2) is 15.5 Å². The Kier molecular flexibility index (Phi) is 4.04. The van der Waals surface area contributed by atoms with Crippen LogP contribution < -0.4 is 5.32 Å². The lowest BCUT2D eigenvalue weighted by Crippen LogP contribution is -2.29. The van der Waals surface area contributed by atoms with Gasteiger partial charge in [-0.05, 0) is 24.8 Å². The summed E-state index contributed by atoms with van der Waals surface area (Å²) >= 11 is 0. The SMILES string of the molecule is CC[C@H](C(=O)NCc1cncn1C1CC1)c1ccccc1. The van der Waals surface area contributed by atoms with Gasteiger partial charge >= 0.3 is 0 Å². The van der Waals surface area contributed by atoms with Crippen molar-refractivity contribution in [1.82, 2.24) is 14.9 Å². The molecule has 0 aliphatic heterocycles. The molecule has 1 aromatic carbocycles. The first-order valence-corrected chi connectivity index (χ1v) is 7.63. The van der Waals surface area contributed by atoms with Crippen molar-refractivity contribution < 1.29 is 4.79 Å². The fraction of sp³-hybridized carbons (Fsp3) is 0.412. The number of nitrogens with one attached hydrogen (secondary N) is 1. The van der Waals surface area contributed by atoms with Crippen molar-refractivity contribution in [1.29, 1.82) is 0 Å². The van der Waals surface area contributed by atoms with Gasteiger partial charge in [-0.3, -0.25) is 4.79 Å². The quantitative estimate of drug-likeness (QED) is 0.885. The van der Waals surface area contributed by atoms with E-state index in [1.54, 1.807) is 0 Å². The third-order valence-electron chi connectivity index (χ3n) is 4.06. The van der Waals surface area contributed by atoms with E-state index in [0.717, 1.165) is 17.7 Å². The molecular formula is C17H21N3O. The van der Waals surface area contributed by atoms with E-state index in [1.165, 1.54) is 12.8 Å². The van der Waals surface area contributed by atoms with E-state index in [1.807, 2.05) is 49.8 Å². The fourth-order valence-electron chi connectivity index (χ4n) is 2.71. The zero-order valence-electron chi connectivity index (χ0n) is 12.3. The van der Waals surface area contributed by atoms with Gasteiger partial charge in [-0.1, -0.05) is 37.3 Å². The molecule has 1 aliphatic rings. The number of imidazole rings is 1. The van der Waals surface area contributed by atoms with Crippen LogP contribution >= 0.6 is 0 Å². The zero-order chi connectivity index (χ0) is 14.7. The maximum absolute atomic E-state index is 12.4. The predicted molar refractivity (Wildman–Crippen MR) is 81.8 cm³/mol. The normalized spacial score (nSPS) is 15.7. The van der Waals surface area contributed by atoms with Crippen LogP contribution in [0.3, 0.4) is 0 Å². The molecule has 0 unspecified atom stereocenters. The number of benzene rings is 1. The smallest absolute Gasteiger partial charge is 0.227 e. The number of carbonyl (C=O) groups excluding carboxylic acids is 1. The first kappa shape index (κ1) is 13.9. The molecule has 21 heavy (non-hydrogen) atoms. The van der Waals surface area contributed by atoms with E-state index in [4.69, 9.17) is 0 Å². The Hall–Kier alpha value is -2.10. The number of carbonyl (C=O) groups is 1. The molecule has 0 saturated heterocycles. The maximum Gasteiger partial charge on any atom is 0.227 e. The minimum absolute atomic E-state index is 0.0801. The Labute approximate surface area is 125 Å². The summed E-state index contributed by atoms with van der Waals surface area (Å²) in [5, 5.41) is 3.06. The average molecular weight is 283 g/mol. The highest BCUT2D eigenvalue weighted by Crippen LogP contribution is 2.35. The number of hydrogen-bond donors (Lipinski definition) is 1. The van der Waals surface area contributed by atoms with Gasteiger partial charge in [0.25, 0.3) is 0 Å². The van der Waals surface area contributed by atoms with Crippen molar-refractivity contribution in [2.24, 2.45) is 0 Å². The molecule has 1 atom stereocenters. The summed E-state index contributed by atoms with van der Waals surface area (Å²) in [6.45, 7) is 2.60. The number of aromatic nitrogens is 2. The van der Waals surface area contributed by atoms with Gasteiger partial charge in [0, 0.05) is 12.2 Å². The van der Waals surface area contributed by atoms with E-state index >= 15 is 0 Å². The lowest BCUT2D eigenvalue weighted by atomic mass is 9.96. The van der Waals surface area contributed by atoms with E-state index in [9.17, 15) is 4.79 Å². The zero-order valence-corrected chi connectivity index (χ0v) is 12.3. The van der Waals surface area contributed by atoms with Crippen molar-refractivity contribution >= 4 is 5.91 Å². The Bertz CT molecular complexity index is 602. The van der Waals surface area contributed by atoms with E-state index in [0.29, 0.717) is 12.6 Å². The molecule has 1 heterocycles. The van der Waals surface area contributed by atoms with Crippen LogP contribution in [0.4, 0.5) is 0 Å². The first-order valence-electron chi connectivity index (χ1n) is 7.63.